The van der Waals surface area contributed by atoms with E-state index in [2.05, 4.69) is 11.8 Å². The molecular formula is C6H7OPS. The zero-order chi connectivity index (χ0) is 7.33. The first-order valence-electron chi connectivity index (χ1n) is 2.30. The Hall–Kier alpha value is -0.270. The third-order valence-corrected chi connectivity index (χ3v) is 2.80. The van der Waals surface area contributed by atoms with Crippen LogP contribution < -0.4 is 0 Å². The summed E-state index contributed by atoms with van der Waals surface area (Å²) in [5.74, 6) is 4.58. The van der Waals surface area contributed by atoms with Crippen molar-refractivity contribution in [2.24, 2.45) is 0 Å². The number of hydrogen-bond donors (Lipinski definition) is 1. The summed E-state index contributed by atoms with van der Waals surface area (Å²) in [7, 11) is 0. The van der Waals surface area contributed by atoms with Gasteiger partial charge in [0.15, 0.2) is 0 Å². The van der Waals surface area contributed by atoms with E-state index in [1.54, 1.807) is 0 Å². The number of hydrogen-bond acceptors (Lipinski definition) is 1. The van der Waals surface area contributed by atoms with Gasteiger partial charge in [0, 0.05) is 0 Å². The molecule has 1 nitrogen and oxygen atoms in total. The van der Waals surface area contributed by atoms with E-state index in [0.29, 0.717) is 0 Å². The Kier molecular flexibility index (Phi) is 3.59. The van der Waals surface area contributed by atoms with Gasteiger partial charge in [0.1, 0.15) is 0 Å². The Morgan fingerprint density at radius 2 is 1.67 bits per heavy atom. The molecule has 0 heterocycles. The summed E-state index contributed by atoms with van der Waals surface area (Å²) in [6, 6.07) is 0. The first kappa shape index (κ1) is 8.73. The molecule has 0 atom stereocenters. The molecule has 1 N–H and O–H groups in total. The van der Waals surface area contributed by atoms with Crippen LogP contribution in [-0.2, 0) is 11.8 Å². The fourth-order valence-corrected chi connectivity index (χ4v) is 1.47. The van der Waals surface area contributed by atoms with Gasteiger partial charge >= 0.3 is 0 Å². The van der Waals surface area contributed by atoms with Crippen molar-refractivity contribution >= 4 is 18.1 Å². The van der Waals surface area contributed by atoms with Crippen LogP contribution in [0.2, 0.25) is 0 Å². The summed E-state index contributed by atoms with van der Waals surface area (Å²) in [6.45, 7) is 0. The maximum atomic E-state index is 9.16. The molecule has 0 aliphatic carbocycles. The fourth-order valence-electron chi connectivity index (χ4n) is 0.341. The summed E-state index contributed by atoms with van der Waals surface area (Å²) in [5, 5.41) is 0. The van der Waals surface area contributed by atoms with E-state index < -0.39 is 6.26 Å². The Morgan fingerprint density at radius 1 is 1.33 bits per heavy atom. The average molecular weight is 158 g/mol. The van der Waals surface area contributed by atoms with Crippen LogP contribution >= 0.6 is 6.26 Å². The van der Waals surface area contributed by atoms with Gasteiger partial charge in [-0.3, -0.25) is 0 Å². The normalized spacial score (nSPS) is 9.67. The molecule has 0 aliphatic heterocycles. The van der Waals surface area contributed by atoms with Crippen molar-refractivity contribution in [1.82, 2.24) is 0 Å². The minimum Gasteiger partial charge on any atom is -0.363 e. The lowest BCUT2D eigenvalue weighted by Gasteiger charge is -2.05. The van der Waals surface area contributed by atoms with Gasteiger partial charge in [-0.25, -0.2) is 0 Å². The second-order valence-corrected chi connectivity index (χ2v) is 5.93. The summed E-state index contributed by atoms with van der Waals surface area (Å²) in [5.41, 5.74) is 0. The molecule has 0 spiro atoms. The molecule has 0 unspecified atom stereocenters. The first-order chi connectivity index (χ1) is 4.12. The van der Waals surface area contributed by atoms with Gasteiger partial charge in [0.05, 0.1) is 18.6 Å². The van der Waals surface area contributed by atoms with E-state index in [1.165, 1.54) is 0 Å². The van der Waals surface area contributed by atoms with E-state index >= 15 is 0 Å². The summed E-state index contributed by atoms with van der Waals surface area (Å²) in [4.78, 5) is 9.16. The summed E-state index contributed by atoms with van der Waals surface area (Å²) >= 11 is 4.72. The maximum absolute atomic E-state index is 9.16. The lowest BCUT2D eigenvalue weighted by molar-refractivity contribution is 0.629. The minimum atomic E-state index is -2.33. The highest BCUT2D eigenvalue weighted by Crippen LogP contribution is 2.38. The second kappa shape index (κ2) is 3.70. The molecule has 9 heavy (non-hydrogen) atoms. The third-order valence-electron chi connectivity index (χ3n) is 0.677. The topological polar surface area (TPSA) is 20.2 Å². The lowest BCUT2D eigenvalue weighted by atomic mass is 10.8. The van der Waals surface area contributed by atoms with Crippen LogP contribution in [0.1, 0.15) is 0 Å². The van der Waals surface area contributed by atoms with Crippen LogP contribution in [0.4, 0.5) is 0 Å². The summed E-state index contributed by atoms with van der Waals surface area (Å²) in [6.07, 6.45) is 8.01. The first-order valence-corrected chi connectivity index (χ1v) is 5.42. The molecule has 0 amide bonds. The van der Waals surface area contributed by atoms with Crippen LogP contribution in [0, 0.1) is 24.7 Å². The molecule has 0 aromatic heterocycles. The molecule has 0 fully saturated rings. The van der Waals surface area contributed by atoms with Crippen molar-refractivity contribution in [2.75, 3.05) is 12.3 Å². The van der Waals surface area contributed by atoms with E-state index in [9.17, 15) is 0 Å². The zero-order valence-corrected chi connectivity index (χ0v) is 6.58. The molecule has 0 radical (unpaired) electrons. The van der Waals surface area contributed by atoms with Gasteiger partial charge < -0.3 is 4.89 Å². The Balaban J connectivity index is 3.95. The smallest absolute Gasteiger partial charge is 0.0862 e. The predicted molar refractivity (Wildman–Crippen MR) is 43.9 cm³/mol. The molecule has 0 bridgehead atoms. The van der Waals surface area contributed by atoms with Crippen molar-refractivity contribution in [3.63, 3.8) is 0 Å². The van der Waals surface area contributed by atoms with Gasteiger partial charge in [-0.1, -0.05) is 23.6 Å². The lowest BCUT2D eigenvalue weighted by Crippen LogP contribution is -1.88. The van der Waals surface area contributed by atoms with Crippen molar-refractivity contribution in [3.8, 4) is 24.7 Å². The highest BCUT2D eigenvalue weighted by Gasteiger charge is 2.07. The van der Waals surface area contributed by atoms with Crippen molar-refractivity contribution < 1.29 is 4.89 Å². The van der Waals surface area contributed by atoms with E-state index in [1.807, 2.05) is 0 Å². The third kappa shape index (κ3) is 4.25. The van der Waals surface area contributed by atoms with Gasteiger partial charge in [-0.05, 0) is 0 Å². The molecule has 0 saturated heterocycles. The maximum Gasteiger partial charge on any atom is 0.0862 e. The Bertz CT molecular complexity index is 188. The van der Waals surface area contributed by atoms with Crippen LogP contribution in [0.25, 0.3) is 0 Å². The van der Waals surface area contributed by atoms with E-state index in [0.717, 1.165) is 0 Å². The quantitative estimate of drug-likeness (QED) is 0.470. The number of terminal acetylenes is 2. The van der Waals surface area contributed by atoms with Crippen LogP contribution in [0.5, 0.6) is 0 Å². The second-order valence-electron chi connectivity index (χ2n) is 1.57. The molecule has 48 valence electrons. The van der Waals surface area contributed by atoms with E-state index in [-0.39, 0.29) is 12.3 Å². The van der Waals surface area contributed by atoms with Crippen molar-refractivity contribution in [2.45, 2.75) is 0 Å². The SMILES string of the molecule is C#CCP(O)(=S)CC#C. The Morgan fingerprint density at radius 3 is 1.89 bits per heavy atom. The number of rotatable bonds is 2. The molecule has 3 heteroatoms. The fraction of sp³-hybridized carbons (Fsp3) is 0.333. The molecular weight excluding hydrogens is 151 g/mol. The average Bonchev–Trinajstić information content (AvgIpc) is 1.64. The van der Waals surface area contributed by atoms with Gasteiger partial charge in [-0.2, -0.15) is 0 Å². The summed E-state index contributed by atoms with van der Waals surface area (Å²) < 4.78 is 0. The molecule has 0 aliphatic rings. The predicted octanol–water partition coefficient (Wildman–Crippen LogP) is 0.640. The Labute approximate surface area is 60.6 Å². The highest BCUT2D eigenvalue weighted by atomic mass is 32.4. The standard InChI is InChI=1S/C6H7OPS/c1-3-5-8(7,9)6-4-2/h1-2H,5-6H2,(H,7,9). The monoisotopic (exact) mass is 158 g/mol. The van der Waals surface area contributed by atoms with Crippen molar-refractivity contribution in [1.29, 1.82) is 0 Å². The van der Waals surface area contributed by atoms with E-state index in [4.69, 9.17) is 29.5 Å². The molecule has 0 aromatic carbocycles. The van der Waals surface area contributed by atoms with Gasteiger partial charge in [0.2, 0.25) is 0 Å². The van der Waals surface area contributed by atoms with Crippen LogP contribution in [-0.4, -0.2) is 17.2 Å². The van der Waals surface area contributed by atoms with Gasteiger partial charge in [0.25, 0.3) is 0 Å². The molecule has 0 rings (SSSR count). The molecule has 0 aromatic rings. The largest absolute Gasteiger partial charge is 0.363 e. The van der Waals surface area contributed by atoms with Crippen LogP contribution in [0.15, 0.2) is 0 Å². The van der Waals surface area contributed by atoms with Crippen LogP contribution in [0.3, 0.4) is 0 Å². The minimum absolute atomic E-state index is 0.243. The molecule has 0 saturated carbocycles. The zero-order valence-electron chi connectivity index (χ0n) is 4.87. The van der Waals surface area contributed by atoms with Crippen molar-refractivity contribution in [3.05, 3.63) is 0 Å². The van der Waals surface area contributed by atoms with Gasteiger partial charge in [-0.15, -0.1) is 12.8 Å². The highest BCUT2D eigenvalue weighted by molar-refractivity contribution is 8.12.